The molecule has 0 bridgehead atoms. The topological polar surface area (TPSA) is 53.4 Å². The van der Waals surface area contributed by atoms with Gasteiger partial charge in [-0.3, -0.25) is 4.98 Å². The van der Waals surface area contributed by atoms with E-state index in [-0.39, 0.29) is 11.5 Å². The third-order valence-electron chi connectivity index (χ3n) is 11.0. The Balaban J connectivity index is 1.38. The molecular weight excluding hydrogens is 406 g/mol. The zero-order chi connectivity index (χ0) is 23.3. The van der Waals surface area contributed by atoms with Crippen LogP contribution in [0.3, 0.4) is 0 Å². The van der Waals surface area contributed by atoms with Gasteiger partial charge in [0.25, 0.3) is 0 Å². The molecule has 0 amide bonds. The standard InChI is InChI=1S/C30H45NO2/c1-4-14-30(33,17-11-21-6-5-18-31-20-21)27-10-9-25-24-8-7-22-19-23(32)12-15-28(22,2)26(24)13-16-29(25,27)3/h5-7,18,20,23-27,32-33H,4,8-17,19H2,1-3H3/t23-,24-,25-,26-,27-,28-,29-,30+/m0/s1. The number of aliphatic hydroxyl groups excluding tert-OH is 1. The van der Waals surface area contributed by atoms with Gasteiger partial charge in [0.15, 0.2) is 0 Å². The van der Waals surface area contributed by atoms with E-state index in [0.717, 1.165) is 62.7 Å². The Morgan fingerprint density at radius 1 is 1.09 bits per heavy atom. The summed E-state index contributed by atoms with van der Waals surface area (Å²) in [6.45, 7) is 7.28. The molecule has 1 heterocycles. The molecule has 3 nitrogen and oxygen atoms in total. The van der Waals surface area contributed by atoms with Gasteiger partial charge in [0, 0.05) is 12.4 Å². The van der Waals surface area contributed by atoms with Gasteiger partial charge in [-0.25, -0.2) is 0 Å². The summed E-state index contributed by atoms with van der Waals surface area (Å²) < 4.78 is 0. The van der Waals surface area contributed by atoms with Gasteiger partial charge < -0.3 is 10.2 Å². The van der Waals surface area contributed by atoms with Gasteiger partial charge >= 0.3 is 0 Å². The van der Waals surface area contributed by atoms with Gasteiger partial charge in [-0.1, -0.05) is 44.9 Å². The molecule has 0 radical (unpaired) electrons. The SMILES string of the molecule is CCC[C@@](O)(CCc1cccnc1)[C@H]1CC[C@H]2[C@@H]3CC=C4C[C@@H](O)CC[C@]4(C)[C@H]3CC[C@]12C. The van der Waals surface area contributed by atoms with E-state index in [1.807, 2.05) is 18.5 Å². The average Bonchev–Trinajstić information content (AvgIpc) is 3.17. The minimum absolute atomic E-state index is 0.130. The molecule has 3 saturated carbocycles. The van der Waals surface area contributed by atoms with Crippen molar-refractivity contribution in [3.63, 3.8) is 0 Å². The predicted octanol–water partition coefficient (Wildman–Crippen LogP) is 6.49. The first-order valence-electron chi connectivity index (χ1n) is 13.8. The van der Waals surface area contributed by atoms with E-state index in [4.69, 9.17) is 0 Å². The van der Waals surface area contributed by atoms with Gasteiger partial charge in [-0.15, -0.1) is 0 Å². The van der Waals surface area contributed by atoms with Crippen LogP contribution in [0.1, 0.15) is 97.0 Å². The maximum absolute atomic E-state index is 12.2. The number of allylic oxidation sites excluding steroid dienone is 1. The largest absolute Gasteiger partial charge is 0.393 e. The second-order valence-corrected chi connectivity index (χ2v) is 12.5. The number of rotatable bonds is 6. The number of aryl methyl sites for hydroxylation is 1. The molecule has 3 fully saturated rings. The molecule has 5 rings (SSSR count). The monoisotopic (exact) mass is 451 g/mol. The van der Waals surface area contributed by atoms with Crippen LogP contribution in [0.25, 0.3) is 0 Å². The lowest BCUT2D eigenvalue weighted by Gasteiger charge is -2.59. The van der Waals surface area contributed by atoms with Crippen LogP contribution in [0, 0.1) is 34.5 Å². The second kappa shape index (κ2) is 8.79. The van der Waals surface area contributed by atoms with E-state index in [9.17, 15) is 10.2 Å². The number of aliphatic hydroxyl groups is 2. The van der Waals surface area contributed by atoms with Crippen molar-refractivity contribution < 1.29 is 10.2 Å². The van der Waals surface area contributed by atoms with Gasteiger partial charge in [-0.05, 0) is 117 Å². The molecule has 0 aliphatic heterocycles. The third kappa shape index (κ3) is 3.92. The highest BCUT2D eigenvalue weighted by molar-refractivity contribution is 5.26. The van der Waals surface area contributed by atoms with Crippen molar-refractivity contribution in [2.75, 3.05) is 0 Å². The van der Waals surface area contributed by atoms with Crippen molar-refractivity contribution in [3.05, 3.63) is 41.7 Å². The Morgan fingerprint density at radius 3 is 2.70 bits per heavy atom. The van der Waals surface area contributed by atoms with Crippen LogP contribution in [-0.2, 0) is 6.42 Å². The molecule has 2 N–H and O–H groups in total. The Labute approximate surface area is 201 Å². The fraction of sp³-hybridized carbons (Fsp3) is 0.767. The summed E-state index contributed by atoms with van der Waals surface area (Å²) in [5, 5.41) is 22.5. The van der Waals surface area contributed by atoms with Crippen LogP contribution in [0.5, 0.6) is 0 Å². The molecule has 0 unspecified atom stereocenters. The van der Waals surface area contributed by atoms with Gasteiger partial charge in [0.05, 0.1) is 11.7 Å². The number of hydrogen-bond donors (Lipinski definition) is 2. The summed E-state index contributed by atoms with van der Waals surface area (Å²) in [4.78, 5) is 4.29. The average molecular weight is 452 g/mol. The van der Waals surface area contributed by atoms with Crippen molar-refractivity contribution in [2.45, 2.75) is 110 Å². The van der Waals surface area contributed by atoms with Crippen molar-refractivity contribution in [2.24, 2.45) is 34.5 Å². The lowest BCUT2D eigenvalue weighted by molar-refractivity contribution is -0.116. The first kappa shape index (κ1) is 23.5. The Hall–Kier alpha value is -1.19. The maximum Gasteiger partial charge on any atom is 0.0684 e. The van der Waals surface area contributed by atoms with Crippen LogP contribution in [0.15, 0.2) is 36.2 Å². The van der Waals surface area contributed by atoms with E-state index in [1.54, 1.807) is 5.57 Å². The van der Waals surface area contributed by atoms with Crippen LogP contribution < -0.4 is 0 Å². The number of fused-ring (bicyclic) bond motifs is 5. The predicted molar refractivity (Wildman–Crippen MR) is 134 cm³/mol. The zero-order valence-corrected chi connectivity index (χ0v) is 21.1. The summed E-state index contributed by atoms with van der Waals surface area (Å²) in [6, 6.07) is 4.16. The zero-order valence-electron chi connectivity index (χ0n) is 21.1. The molecule has 33 heavy (non-hydrogen) atoms. The third-order valence-corrected chi connectivity index (χ3v) is 11.0. The van der Waals surface area contributed by atoms with E-state index in [1.165, 1.54) is 37.7 Å². The van der Waals surface area contributed by atoms with E-state index >= 15 is 0 Å². The van der Waals surface area contributed by atoms with Gasteiger partial charge in [0.1, 0.15) is 0 Å². The maximum atomic E-state index is 12.2. The van der Waals surface area contributed by atoms with Crippen molar-refractivity contribution in [1.82, 2.24) is 4.98 Å². The number of aromatic nitrogens is 1. The van der Waals surface area contributed by atoms with Crippen molar-refractivity contribution in [1.29, 1.82) is 0 Å². The molecule has 0 aromatic carbocycles. The van der Waals surface area contributed by atoms with Crippen LogP contribution in [0.4, 0.5) is 0 Å². The summed E-state index contributed by atoms with van der Waals surface area (Å²) in [5.41, 5.74) is 2.76. The molecular formula is C30H45NO2. The number of nitrogens with zero attached hydrogens (tertiary/aromatic N) is 1. The normalized spacial score (nSPS) is 42.0. The fourth-order valence-electron chi connectivity index (χ4n) is 9.34. The summed E-state index contributed by atoms with van der Waals surface area (Å²) in [7, 11) is 0. The molecule has 4 aliphatic carbocycles. The van der Waals surface area contributed by atoms with E-state index < -0.39 is 5.60 Å². The summed E-state index contributed by atoms with van der Waals surface area (Å²) in [6.07, 6.45) is 19.1. The lowest BCUT2D eigenvalue weighted by Crippen LogP contribution is -2.53. The highest BCUT2D eigenvalue weighted by Crippen LogP contribution is 2.68. The molecule has 182 valence electrons. The molecule has 3 heteroatoms. The van der Waals surface area contributed by atoms with Crippen LogP contribution in [0.2, 0.25) is 0 Å². The Morgan fingerprint density at radius 2 is 1.94 bits per heavy atom. The Bertz CT molecular complexity index is 867. The first-order chi connectivity index (χ1) is 15.8. The molecule has 0 saturated heterocycles. The summed E-state index contributed by atoms with van der Waals surface area (Å²) >= 11 is 0. The van der Waals surface area contributed by atoms with E-state index in [2.05, 4.69) is 37.9 Å². The number of hydrogen-bond acceptors (Lipinski definition) is 3. The smallest absolute Gasteiger partial charge is 0.0684 e. The first-order valence-corrected chi connectivity index (χ1v) is 13.8. The van der Waals surface area contributed by atoms with Crippen LogP contribution >= 0.6 is 0 Å². The van der Waals surface area contributed by atoms with E-state index in [0.29, 0.717) is 11.3 Å². The quantitative estimate of drug-likeness (QED) is 0.486. The minimum atomic E-state index is -0.574. The van der Waals surface area contributed by atoms with Gasteiger partial charge in [0.2, 0.25) is 0 Å². The molecule has 4 aliphatic rings. The number of pyridine rings is 1. The minimum Gasteiger partial charge on any atom is -0.393 e. The second-order valence-electron chi connectivity index (χ2n) is 12.5. The lowest BCUT2D eigenvalue weighted by atomic mass is 9.46. The van der Waals surface area contributed by atoms with Gasteiger partial charge in [-0.2, -0.15) is 0 Å². The Kier molecular flexibility index (Phi) is 6.27. The molecule has 0 spiro atoms. The van der Waals surface area contributed by atoms with Crippen molar-refractivity contribution in [3.8, 4) is 0 Å². The summed E-state index contributed by atoms with van der Waals surface area (Å²) in [5.74, 6) is 2.64. The van der Waals surface area contributed by atoms with Crippen LogP contribution in [-0.4, -0.2) is 26.9 Å². The molecule has 1 aromatic heterocycles. The highest BCUT2D eigenvalue weighted by Gasteiger charge is 2.61. The molecule has 1 aromatic rings. The highest BCUT2D eigenvalue weighted by atomic mass is 16.3. The molecule has 8 atom stereocenters. The van der Waals surface area contributed by atoms with Crippen molar-refractivity contribution >= 4 is 0 Å². The fourth-order valence-corrected chi connectivity index (χ4v) is 9.34.